The number of ether oxygens (including phenoxy) is 1. The molecule has 0 spiro atoms. The summed E-state index contributed by atoms with van der Waals surface area (Å²) in [5.74, 6) is -0.685. The number of fused-ring (bicyclic) bond motifs is 1. The Morgan fingerprint density at radius 2 is 1.92 bits per heavy atom. The smallest absolute Gasteiger partial charge is 0.308 e. The average molecular weight is 351 g/mol. The summed E-state index contributed by atoms with van der Waals surface area (Å²) in [5, 5.41) is 9.59. The molecule has 1 fully saturated rings. The number of nitrogens with zero attached hydrogens (tertiary/aromatic N) is 1. The van der Waals surface area contributed by atoms with Crippen molar-refractivity contribution in [1.82, 2.24) is 4.90 Å². The van der Waals surface area contributed by atoms with Crippen molar-refractivity contribution in [2.75, 3.05) is 19.7 Å². The van der Waals surface area contributed by atoms with E-state index in [-0.39, 0.29) is 18.4 Å². The summed E-state index contributed by atoms with van der Waals surface area (Å²) in [6.07, 6.45) is 1.17. The molecular weight excluding hydrogens is 330 g/mol. The molecule has 5 nitrogen and oxygen atoms in total. The molecule has 4 rings (SSSR count). The molecule has 0 unspecified atom stereocenters. The van der Waals surface area contributed by atoms with Crippen LogP contribution in [-0.4, -0.2) is 41.6 Å². The molecule has 2 aromatic carbocycles. The van der Waals surface area contributed by atoms with E-state index in [0.717, 1.165) is 28.9 Å². The average Bonchev–Trinajstić information content (AvgIpc) is 3.29. The SMILES string of the molecule is O=C(O)[C@@H]1CN(C(=O)Cc2ccc3c(c2)CCO3)C[C@H]1c1ccccc1. The van der Waals surface area contributed by atoms with E-state index in [4.69, 9.17) is 4.74 Å². The second kappa shape index (κ2) is 6.83. The van der Waals surface area contributed by atoms with Gasteiger partial charge >= 0.3 is 5.97 Å². The van der Waals surface area contributed by atoms with E-state index in [1.165, 1.54) is 0 Å². The minimum Gasteiger partial charge on any atom is -0.493 e. The molecule has 1 N–H and O–H groups in total. The van der Waals surface area contributed by atoms with Crippen LogP contribution in [0, 0.1) is 5.92 Å². The van der Waals surface area contributed by atoms with Gasteiger partial charge in [-0.1, -0.05) is 42.5 Å². The van der Waals surface area contributed by atoms with E-state index in [0.29, 0.717) is 19.6 Å². The lowest BCUT2D eigenvalue weighted by molar-refractivity contribution is -0.141. The van der Waals surface area contributed by atoms with Crippen molar-refractivity contribution in [2.24, 2.45) is 5.92 Å². The molecule has 0 aromatic heterocycles. The van der Waals surface area contributed by atoms with Gasteiger partial charge in [0, 0.05) is 25.4 Å². The van der Waals surface area contributed by atoms with Gasteiger partial charge < -0.3 is 14.7 Å². The predicted molar refractivity (Wildman–Crippen MR) is 96.2 cm³/mol. The highest BCUT2D eigenvalue weighted by Gasteiger charge is 2.40. The molecule has 0 radical (unpaired) electrons. The Kier molecular flexibility index (Phi) is 4.37. The van der Waals surface area contributed by atoms with Crippen LogP contribution in [-0.2, 0) is 22.4 Å². The van der Waals surface area contributed by atoms with Gasteiger partial charge in [0.15, 0.2) is 0 Å². The number of carboxylic acids is 1. The molecule has 2 heterocycles. The fourth-order valence-electron chi connectivity index (χ4n) is 3.93. The maximum atomic E-state index is 12.8. The van der Waals surface area contributed by atoms with Gasteiger partial charge in [0.05, 0.1) is 18.9 Å². The number of carbonyl (C=O) groups is 2. The van der Waals surface area contributed by atoms with Gasteiger partial charge in [0.25, 0.3) is 0 Å². The standard InChI is InChI=1S/C21H21NO4/c23-20(11-14-6-7-19-16(10-14)8-9-26-19)22-12-17(18(13-22)21(24)25)15-4-2-1-3-5-15/h1-7,10,17-18H,8-9,11-13H2,(H,24,25)/t17-,18+/m0/s1. The molecule has 0 aliphatic carbocycles. The Hall–Kier alpha value is -2.82. The normalized spacial score (nSPS) is 21.3. The summed E-state index contributed by atoms with van der Waals surface area (Å²) in [4.78, 5) is 26.1. The number of aliphatic carboxylic acids is 1. The highest BCUT2D eigenvalue weighted by Crippen LogP contribution is 2.33. The van der Waals surface area contributed by atoms with Gasteiger partial charge in [-0.25, -0.2) is 0 Å². The molecule has 26 heavy (non-hydrogen) atoms. The van der Waals surface area contributed by atoms with E-state index < -0.39 is 11.9 Å². The molecule has 0 bridgehead atoms. The molecule has 2 atom stereocenters. The third-order valence-electron chi connectivity index (χ3n) is 5.33. The minimum atomic E-state index is -0.844. The summed E-state index contributed by atoms with van der Waals surface area (Å²) in [6, 6.07) is 15.5. The molecule has 1 amide bonds. The Bertz CT molecular complexity index is 833. The zero-order chi connectivity index (χ0) is 18.1. The number of hydrogen-bond acceptors (Lipinski definition) is 3. The zero-order valence-electron chi connectivity index (χ0n) is 14.4. The van der Waals surface area contributed by atoms with Gasteiger partial charge in [0.2, 0.25) is 5.91 Å². The third kappa shape index (κ3) is 3.17. The Morgan fingerprint density at radius 3 is 2.69 bits per heavy atom. The van der Waals surface area contributed by atoms with Crippen LogP contribution < -0.4 is 4.74 Å². The number of rotatable bonds is 4. The molecule has 1 saturated heterocycles. The van der Waals surface area contributed by atoms with Gasteiger partial charge in [-0.2, -0.15) is 0 Å². The van der Waals surface area contributed by atoms with Gasteiger partial charge in [0.1, 0.15) is 5.75 Å². The van der Waals surface area contributed by atoms with Crippen LogP contribution in [0.1, 0.15) is 22.6 Å². The molecular formula is C21H21NO4. The summed E-state index contributed by atoms with van der Waals surface area (Å²) >= 11 is 0. The van der Waals surface area contributed by atoms with Crippen molar-refractivity contribution in [3.05, 3.63) is 65.2 Å². The lowest BCUT2D eigenvalue weighted by atomic mass is 9.89. The zero-order valence-corrected chi connectivity index (χ0v) is 14.4. The monoisotopic (exact) mass is 351 g/mol. The summed E-state index contributed by atoms with van der Waals surface area (Å²) in [5.41, 5.74) is 3.07. The molecule has 0 saturated carbocycles. The Labute approximate surface area is 152 Å². The largest absolute Gasteiger partial charge is 0.493 e. The maximum absolute atomic E-state index is 12.8. The molecule has 134 valence electrons. The van der Waals surface area contributed by atoms with Crippen LogP contribution in [0.5, 0.6) is 5.75 Å². The first-order valence-corrected chi connectivity index (χ1v) is 8.92. The van der Waals surface area contributed by atoms with E-state index in [1.54, 1.807) is 4.90 Å². The first-order valence-electron chi connectivity index (χ1n) is 8.92. The van der Waals surface area contributed by atoms with Crippen LogP contribution in [0.2, 0.25) is 0 Å². The lowest BCUT2D eigenvalue weighted by Gasteiger charge is -2.17. The van der Waals surface area contributed by atoms with Crippen molar-refractivity contribution in [2.45, 2.75) is 18.8 Å². The first kappa shape index (κ1) is 16.6. The Morgan fingerprint density at radius 1 is 1.12 bits per heavy atom. The summed E-state index contributed by atoms with van der Waals surface area (Å²) in [7, 11) is 0. The minimum absolute atomic E-state index is 0.0199. The van der Waals surface area contributed by atoms with E-state index in [1.807, 2.05) is 48.5 Å². The summed E-state index contributed by atoms with van der Waals surface area (Å²) < 4.78 is 5.50. The lowest BCUT2D eigenvalue weighted by Crippen LogP contribution is -2.31. The van der Waals surface area contributed by atoms with Crippen molar-refractivity contribution >= 4 is 11.9 Å². The number of carboxylic acid groups (broad SMARTS) is 1. The third-order valence-corrected chi connectivity index (χ3v) is 5.33. The fourth-order valence-corrected chi connectivity index (χ4v) is 3.93. The van der Waals surface area contributed by atoms with Crippen LogP contribution in [0.15, 0.2) is 48.5 Å². The van der Waals surface area contributed by atoms with Gasteiger partial charge in [-0.15, -0.1) is 0 Å². The first-order chi connectivity index (χ1) is 12.6. The summed E-state index contributed by atoms with van der Waals surface area (Å²) in [6.45, 7) is 1.41. The number of amides is 1. The van der Waals surface area contributed by atoms with Crippen molar-refractivity contribution < 1.29 is 19.4 Å². The van der Waals surface area contributed by atoms with E-state index in [9.17, 15) is 14.7 Å². The highest BCUT2D eigenvalue weighted by atomic mass is 16.5. The predicted octanol–water partition coefficient (Wildman–Crippen LogP) is 2.49. The van der Waals surface area contributed by atoms with Crippen LogP contribution in [0.25, 0.3) is 0 Å². The van der Waals surface area contributed by atoms with Gasteiger partial charge in [-0.3, -0.25) is 9.59 Å². The number of likely N-dealkylation sites (tertiary alicyclic amines) is 1. The molecule has 2 aliphatic heterocycles. The number of carbonyl (C=O) groups excluding carboxylic acids is 1. The Balaban J connectivity index is 1.49. The maximum Gasteiger partial charge on any atom is 0.308 e. The van der Waals surface area contributed by atoms with Crippen molar-refractivity contribution in [3.63, 3.8) is 0 Å². The van der Waals surface area contributed by atoms with Gasteiger partial charge in [-0.05, 0) is 22.8 Å². The van der Waals surface area contributed by atoms with E-state index in [2.05, 4.69) is 0 Å². The fraction of sp³-hybridized carbons (Fsp3) is 0.333. The van der Waals surface area contributed by atoms with Crippen molar-refractivity contribution in [3.8, 4) is 5.75 Å². The molecule has 5 heteroatoms. The van der Waals surface area contributed by atoms with Crippen LogP contribution in [0.4, 0.5) is 0 Å². The number of hydrogen-bond donors (Lipinski definition) is 1. The van der Waals surface area contributed by atoms with Crippen LogP contribution in [0.3, 0.4) is 0 Å². The van der Waals surface area contributed by atoms with Crippen LogP contribution >= 0.6 is 0 Å². The van der Waals surface area contributed by atoms with Crippen molar-refractivity contribution in [1.29, 1.82) is 0 Å². The second-order valence-electron chi connectivity index (χ2n) is 6.98. The topological polar surface area (TPSA) is 66.8 Å². The van der Waals surface area contributed by atoms with E-state index >= 15 is 0 Å². The quantitative estimate of drug-likeness (QED) is 0.919. The molecule has 2 aromatic rings. The number of benzene rings is 2. The highest BCUT2D eigenvalue weighted by molar-refractivity contribution is 5.81. The second-order valence-corrected chi connectivity index (χ2v) is 6.98. The molecule has 2 aliphatic rings.